The topological polar surface area (TPSA) is 80.5 Å². The molecule has 1 saturated heterocycles. The average molecular weight is 354 g/mol. The monoisotopic (exact) mass is 354 g/mol. The van der Waals surface area contributed by atoms with Gasteiger partial charge in [0.1, 0.15) is 5.69 Å². The summed E-state index contributed by atoms with van der Waals surface area (Å²) in [6.07, 6.45) is 6.31. The van der Waals surface area contributed by atoms with Crippen molar-refractivity contribution >= 4 is 21.2 Å². The van der Waals surface area contributed by atoms with Crippen molar-refractivity contribution < 1.29 is 13.3 Å². The van der Waals surface area contributed by atoms with Crippen LogP contribution in [0.2, 0.25) is 0 Å². The summed E-state index contributed by atoms with van der Waals surface area (Å²) in [7, 11) is -3.46. The normalized spacial score (nSPS) is 18.8. The number of nitro groups is 1. The molecule has 1 atom stereocenters. The zero-order valence-electron chi connectivity index (χ0n) is 14.6. The molecule has 0 aromatic heterocycles. The van der Waals surface area contributed by atoms with Gasteiger partial charge in [0.05, 0.1) is 9.82 Å². The summed E-state index contributed by atoms with van der Waals surface area (Å²) in [5, 5.41) is 11.5. The van der Waals surface area contributed by atoms with Crippen LogP contribution in [0.4, 0.5) is 11.4 Å². The van der Waals surface area contributed by atoms with Crippen LogP contribution in [-0.2, 0) is 9.84 Å². The summed E-state index contributed by atoms with van der Waals surface area (Å²) < 4.78 is 23.4. The molecule has 6 nitrogen and oxygen atoms in total. The molecular formula is C17H26N2O4S. The first kappa shape index (κ1) is 18.7. The van der Waals surface area contributed by atoms with E-state index in [1.807, 2.05) is 0 Å². The van der Waals surface area contributed by atoms with Crippen LogP contribution in [-0.4, -0.2) is 32.2 Å². The first-order chi connectivity index (χ1) is 11.2. The molecule has 7 heteroatoms. The van der Waals surface area contributed by atoms with Crippen molar-refractivity contribution in [3.8, 4) is 0 Å². The number of piperidine rings is 1. The maximum Gasteiger partial charge on any atom is 0.293 e. The highest BCUT2D eigenvalue weighted by molar-refractivity contribution is 7.90. The van der Waals surface area contributed by atoms with Gasteiger partial charge < -0.3 is 4.90 Å². The number of benzene rings is 1. The third-order valence-corrected chi connectivity index (χ3v) is 5.70. The Morgan fingerprint density at radius 2 is 2.04 bits per heavy atom. The largest absolute Gasteiger partial charge is 0.363 e. The second kappa shape index (κ2) is 7.51. The molecule has 1 aliphatic heterocycles. The van der Waals surface area contributed by atoms with Gasteiger partial charge in [-0.2, -0.15) is 0 Å². The highest BCUT2D eigenvalue weighted by Crippen LogP contribution is 2.36. The Kier molecular flexibility index (Phi) is 5.85. The third-order valence-electron chi connectivity index (χ3n) is 4.59. The van der Waals surface area contributed by atoms with Gasteiger partial charge in [-0.25, -0.2) is 8.42 Å². The molecule has 0 amide bonds. The molecule has 0 N–H and O–H groups in total. The number of anilines is 1. The predicted octanol–water partition coefficient (Wildman–Crippen LogP) is 3.79. The maximum absolute atomic E-state index is 11.7. The molecule has 1 aliphatic rings. The highest BCUT2D eigenvalue weighted by atomic mass is 32.2. The van der Waals surface area contributed by atoms with Crippen LogP contribution in [0, 0.1) is 16.0 Å². The minimum absolute atomic E-state index is 0.00584. The highest BCUT2D eigenvalue weighted by Gasteiger charge is 2.29. The van der Waals surface area contributed by atoms with Crippen molar-refractivity contribution in [1.29, 1.82) is 0 Å². The molecular weight excluding hydrogens is 328 g/mol. The van der Waals surface area contributed by atoms with E-state index in [4.69, 9.17) is 0 Å². The average Bonchev–Trinajstić information content (AvgIpc) is 2.51. The Hall–Kier alpha value is -1.63. The van der Waals surface area contributed by atoms with Gasteiger partial charge in [-0.3, -0.25) is 10.1 Å². The standard InChI is InChI=1S/C17H26N2O4S/c1-13(2)7-8-14-6-4-5-11-18(14)16-10-9-15(24(3,22)23)12-17(16)19(20)21/h9-10,12-14H,4-8,11H2,1-3H3. The molecule has 0 saturated carbocycles. The molecule has 0 aliphatic carbocycles. The number of hydrogen-bond donors (Lipinski definition) is 0. The van der Waals surface area contributed by atoms with Crippen LogP contribution in [0.5, 0.6) is 0 Å². The zero-order valence-corrected chi connectivity index (χ0v) is 15.4. The van der Waals surface area contributed by atoms with E-state index < -0.39 is 14.8 Å². The van der Waals surface area contributed by atoms with Crippen LogP contribution < -0.4 is 4.90 Å². The molecule has 1 heterocycles. The van der Waals surface area contributed by atoms with E-state index in [0.29, 0.717) is 11.6 Å². The summed E-state index contributed by atoms with van der Waals surface area (Å²) in [4.78, 5) is 13.1. The lowest BCUT2D eigenvalue weighted by Gasteiger charge is -2.37. The van der Waals surface area contributed by atoms with E-state index in [0.717, 1.165) is 44.9 Å². The molecule has 1 aromatic rings. The van der Waals surface area contributed by atoms with Crippen molar-refractivity contribution in [2.45, 2.75) is 56.9 Å². The van der Waals surface area contributed by atoms with Crippen molar-refractivity contribution in [2.24, 2.45) is 5.92 Å². The molecule has 134 valence electrons. The van der Waals surface area contributed by atoms with E-state index >= 15 is 0 Å². The fourth-order valence-corrected chi connectivity index (χ4v) is 3.91. The van der Waals surface area contributed by atoms with Gasteiger partial charge in [-0.1, -0.05) is 13.8 Å². The second-order valence-corrected chi connectivity index (χ2v) is 9.01. The van der Waals surface area contributed by atoms with Gasteiger partial charge in [0, 0.05) is 24.9 Å². The van der Waals surface area contributed by atoms with E-state index in [1.54, 1.807) is 6.07 Å². The number of rotatable bonds is 6. The predicted molar refractivity (Wildman–Crippen MR) is 95.3 cm³/mol. The van der Waals surface area contributed by atoms with E-state index in [9.17, 15) is 18.5 Å². The van der Waals surface area contributed by atoms with Gasteiger partial charge in [0.2, 0.25) is 0 Å². The lowest BCUT2D eigenvalue weighted by molar-refractivity contribution is -0.384. The molecule has 24 heavy (non-hydrogen) atoms. The van der Waals surface area contributed by atoms with Crippen LogP contribution in [0.1, 0.15) is 46.0 Å². The van der Waals surface area contributed by atoms with Crippen molar-refractivity contribution in [1.82, 2.24) is 0 Å². The molecule has 1 unspecified atom stereocenters. The van der Waals surface area contributed by atoms with Crippen LogP contribution >= 0.6 is 0 Å². The summed E-state index contributed by atoms with van der Waals surface area (Å²) in [6, 6.07) is 4.55. The first-order valence-corrected chi connectivity index (χ1v) is 10.3. The van der Waals surface area contributed by atoms with Crippen LogP contribution in [0.15, 0.2) is 23.1 Å². The molecule has 1 aromatic carbocycles. The van der Waals surface area contributed by atoms with Crippen LogP contribution in [0.3, 0.4) is 0 Å². The van der Waals surface area contributed by atoms with Gasteiger partial charge in [-0.15, -0.1) is 0 Å². The summed E-state index contributed by atoms with van der Waals surface area (Å²) >= 11 is 0. The van der Waals surface area contributed by atoms with E-state index in [1.165, 1.54) is 12.1 Å². The Labute approximate surface area is 143 Å². The van der Waals surface area contributed by atoms with Crippen LogP contribution in [0.25, 0.3) is 0 Å². The lowest BCUT2D eigenvalue weighted by atomic mass is 9.94. The number of nitrogens with zero attached hydrogens (tertiary/aromatic N) is 2. The Balaban J connectivity index is 2.39. The van der Waals surface area contributed by atoms with Crippen molar-refractivity contribution in [3.05, 3.63) is 28.3 Å². The molecule has 0 spiro atoms. The SMILES string of the molecule is CC(C)CCC1CCCCN1c1ccc(S(C)(=O)=O)cc1[N+](=O)[O-]. The molecule has 0 radical (unpaired) electrons. The quantitative estimate of drug-likeness (QED) is 0.573. The van der Waals surface area contributed by atoms with E-state index in [2.05, 4.69) is 18.7 Å². The first-order valence-electron chi connectivity index (χ1n) is 8.45. The van der Waals surface area contributed by atoms with Gasteiger partial charge in [0.15, 0.2) is 9.84 Å². The molecule has 1 fully saturated rings. The second-order valence-electron chi connectivity index (χ2n) is 6.99. The van der Waals surface area contributed by atoms with Gasteiger partial charge in [0.25, 0.3) is 5.69 Å². The smallest absolute Gasteiger partial charge is 0.293 e. The van der Waals surface area contributed by atoms with Gasteiger partial charge in [-0.05, 0) is 50.2 Å². The van der Waals surface area contributed by atoms with E-state index in [-0.39, 0.29) is 16.6 Å². The number of hydrogen-bond acceptors (Lipinski definition) is 5. The Morgan fingerprint density at radius 1 is 1.33 bits per heavy atom. The molecule has 0 bridgehead atoms. The minimum Gasteiger partial charge on any atom is -0.363 e. The summed E-state index contributed by atoms with van der Waals surface area (Å²) in [5.41, 5.74) is 0.426. The third kappa shape index (κ3) is 4.47. The van der Waals surface area contributed by atoms with Crippen molar-refractivity contribution in [2.75, 3.05) is 17.7 Å². The summed E-state index contributed by atoms with van der Waals surface area (Å²) in [5.74, 6) is 0.594. The number of sulfone groups is 1. The Bertz CT molecular complexity index is 701. The fourth-order valence-electron chi connectivity index (χ4n) is 3.27. The number of nitro benzene ring substituents is 1. The minimum atomic E-state index is -3.46. The zero-order chi connectivity index (χ0) is 17.9. The van der Waals surface area contributed by atoms with Gasteiger partial charge >= 0.3 is 0 Å². The van der Waals surface area contributed by atoms with Crippen molar-refractivity contribution in [3.63, 3.8) is 0 Å². The molecule has 2 rings (SSSR count). The lowest BCUT2D eigenvalue weighted by Crippen LogP contribution is -2.40. The fraction of sp³-hybridized carbons (Fsp3) is 0.647. The Morgan fingerprint density at radius 3 is 2.62 bits per heavy atom. The maximum atomic E-state index is 11.7. The summed E-state index contributed by atoms with van der Waals surface area (Å²) in [6.45, 7) is 5.13.